The third-order valence-electron chi connectivity index (χ3n) is 5.01. The Bertz CT molecular complexity index is 1020. The Morgan fingerprint density at radius 2 is 1.93 bits per heavy atom. The van der Waals surface area contributed by atoms with E-state index in [9.17, 15) is 4.79 Å². The first-order valence-corrected chi connectivity index (χ1v) is 10.1. The Labute approximate surface area is 178 Å². The van der Waals surface area contributed by atoms with Gasteiger partial charge in [-0.15, -0.1) is 0 Å². The largest absolute Gasteiger partial charge is 0.497 e. The van der Waals surface area contributed by atoms with Gasteiger partial charge in [-0.1, -0.05) is 28.4 Å². The van der Waals surface area contributed by atoms with Crippen LogP contribution in [0.3, 0.4) is 0 Å². The Kier molecular flexibility index (Phi) is 5.74. The van der Waals surface area contributed by atoms with Crippen LogP contribution in [0.2, 0.25) is 10.0 Å². The lowest BCUT2D eigenvalue weighted by Gasteiger charge is -2.33. The summed E-state index contributed by atoms with van der Waals surface area (Å²) in [6.45, 7) is 0.615. The highest BCUT2D eigenvalue weighted by molar-refractivity contribution is 6.42. The average molecular weight is 432 g/mol. The molecule has 8 heteroatoms. The van der Waals surface area contributed by atoms with Crippen molar-refractivity contribution in [3.63, 3.8) is 0 Å². The van der Waals surface area contributed by atoms with E-state index in [0.717, 1.165) is 30.6 Å². The van der Waals surface area contributed by atoms with Crippen molar-refractivity contribution in [2.45, 2.75) is 25.3 Å². The predicted molar refractivity (Wildman–Crippen MR) is 110 cm³/mol. The number of halogens is 2. The highest BCUT2D eigenvalue weighted by Crippen LogP contribution is 2.33. The maximum absolute atomic E-state index is 13.1. The van der Waals surface area contributed by atoms with Crippen LogP contribution in [0.5, 0.6) is 5.75 Å². The van der Waals surface area contributed by atoms with E-state index in [0.29, 0.717) is 33.9 Å². The Morgan fingerprint density at radius 3 is 2.66 bits per heavy atom. The Hall–Kier alpha value is -2.57. The zero-order chi connectivity index (χ0) is 20.4. The molecule has 1 unspecified atom stereocenters. The molecule has 1 amide bonds. The van der Waals surface area contributed by atoms with Crippen LogP contribution in [0.1, 0.15) is 41.6 Å². The fourth-order valence-electron chi connectivity index (χ4n) is 3.45. The van der Waals surface area contributed by atoms with Gasteiger partial charge in [-0.25, -0.2) is 0 Å². The molecule has 2 aromatic carbocycles. The maximum atomic E-state index is 13.1. The molecule has 2 heterocycles. The third kappa shape index (κ3) is 4.09. The van der Waals surface area contributed by atoms with Crippen molar-refractivity contribution in [3.8, 4) is 17.1 Å². The number of nitrogens with zero attached hydrogens (tertiary/aromatic N) is 3. The van der Waals surface area contributed by atoms with Crippen LogP contribution in [-0.4, -0.2) is 34.6 Å². The van der Waals surface area contributed by atoms with E-state index in [1.165, 1.54) is 0 Å². The van der Waals surface area contributed by atoms with Gasteiger partial charge in [-0.2, -0.15) is 4.98 Å². The quantitative estimate of drug-likeness (QED) is 0.551. The maximum Gasteiger partial charge on any atom is 0.254 e. The van der Waals surface area contributed by atoms with Crippen molar-refractivity contribution < 1.29 is 14.1 Å². The predicted octanol–water partition coefficient (Wildman–Crippen LogP) is 5.42. The molecule has 150 valence electrons. The molecule has 0 spiro atoms. The van der Waals surface area contributed by atoms with E-state index in [-0.39, 0.29) is 11.9 Å². The van der Waals surface area contributed by atoms with Crippen LogP contribution in [-0.2, 0) is 0 Å². The molecule has 0 radical (unpaired) electrons. The monoisotopic (exact) mass is 431 g/mol. The van der Waals surface area contributed by atoms with Crippen molar-refractivity contribution >= 4 is 29.1 Å². The lowest BCUT2D eigenvalue weighted by atomic mass is 10.0. The first kappa shape index (κ1) is 19.7. The number of benzene rings is 2. The molecule has 0 N–H and O–H groups in total. The number of rotatable bonds is 4. The third-order valence-corrected chi connectivity index (χ3v) is 5.74. The van der Waals surface area contributed by atoms with E-state index in [2.05, 4.69) is 10.1 Å². The summed E-state index contributed by atoms with van der Waals surface area (Å²) in [4.78, 5) is 19.4. The average Bonchev–Trinajstić information content (AvgIpc) is 3.25. The minimum atomic E-state index is -0.273. The molecule has 1 aliphatic heterocycles. The van der Waals surface area contributed by atoms with Crippen LogP contribution in [0.4, 0.5) is 0 Å². The normalized spacial score (nSPS) is 16.7. The van der Waals surface area contributed by atoms with Gasteiger partial charge in [-0.05, 0) is 61.7 Å². The summed E-state index contributed by atoms with van der Waals surface area (Å²) in [5.41, 5.74) is 1.31. The lowest BCUT2D eigenvalue weighted by Crippen LogP contribution is -2.38. The fourth-order valence-corrected chi connectivity index (χ4v) is 3.75. The molecule has 4 rings (SSSR count). The molecule has 1 fully saturated rings. The van der Waals surface area contributed by atoms with Crippen LogP contribution in [0, 0.1) is 0 Å². The SMILES string of the molecule is COc1ccc(-c2noc(C3CCCCN3C(=O)c3ccc(Cl)c(Cl)c3)n2)cc1. The molecule has 1 aromatic heterocycles. The van der Waals surface area contributed by atoms with E-state index >= 15 is 0 Å². The molecule has 1 saturated heterocycles. The number of likely N-dealkylation sites (tertiary alicyclic amines) is 1. The zero-order valence-electron chi connectivity index (χ0n) is 15.8. The van der Waals surface area contributed by atoms with Crippen LogP contribution < -0.4 is 4.74 Å². The second kappa shape index (κ2) is 8.43. The van der Waals surface area contributed by atoms with Crippen LogP contribution in [0.25, 0.3) is 11.4 Å². The summed E-state index contributed by atoms with van der Waals surface area (Å²) in [5.74, 6) is 1.54. The fraction of sp³-hybridized carbons (Fsp3) is 0.286. The summed E-state index contributed by atoms with van der Waals surface area (Å²) >= 11 is 12.1. The minimum absolute atomic E-state index is 0.127. The number of ether oxygens (including phenoxy) is 1. The number of hydrogen-bond acceptors (Lipinski definition) is 5. The number of aromatic nitrogens is 2. The van der Waals surface area contributed by atoms with Crippen molar-refractivity contribution in [3.05, 3.63) is 64.0 Å². The van der Waals surface area contributed by atoms with Crippen molar-refractivity contribution in [1.29, 1.82) is 0 Å². The standard InChI is InChI=1S/C21H19Cl2N3O3/c1-28-15-8-5-13(6-9-15)19-24-20(29-25-19)18-4-2-3-11-26(18)21(27)14-7-10-16(22)17(23)12-14/h5-10,12,18H,2-4,11H2,1H3. The summed E-state index contributed by atoms with van der Waals surface area (Å²) in [6.07, 6.45) is 2.66. The van der Waals surface area contributed by atoms with Gasteiger partial charge < -0.3 is 14.2 Å². The van der Waals surface area contributed by atoms with E-state index in [1.807, 2.05) is 24.3 Å². The minimum Gasteiger partial charge on any atom is -0.497 e. The molecule has 29 heavy (non-hydrogen) atoms. The summed E-state index contributed by atoms with van der Waals surface area (Å²) in [5, 5.41) is 4.87. The molecule has 0 bridgehead atoms. The second-order valence-electron chi connectivity index (χ2n) is 6.82. The van der Waals surface area contributed by atoms with Crippen molar-refractivity contribution in [2.75, 3.05) is 13.7 Å². The highest BCUT2D eigenvalue weighted by atomic mass is 35.5. The van der Waals surface area contributed by atoms with Gasteiger partial charge in [0, 0.05) is 17.7 Å². The molecule has 0 aliphatic carbocycles. The molecule has 6 nitrogen and oxygen atoms in total. The first-order chi connectivity index (χ1) is 14.1. The molecule has 1 aliphatic rings. The lowest BCUT2D eigenvalue weighted by molar-refractivity contribution is 0.0561. The Balaban J connectivity index is 1.59. The van der Waals surface area contributed by atoms with Gasteiger partial charge in [-0.3, -0.25) is 4.79 Å². The topological polar surface area (TPSA) is 68.5 Å². The summed E-state index contributed by atoms with van der Waals surface area (Å²) in [7, 11) is 1.62. The van der Waals surface area contributed by atoms with E-state index in [1.54, 1.807) is 30.2 Å². The van der Waals surface area contributed by atoms with Crippen LogP contribution in [0.15, 0.2) is 47.0 Å². The number of carbonyl (C=O) groups is 1. The van der Waals surface area contributed by atoms with Gasteiger partial charge in [0.05, 0.1) is 17.2 Å². The summed E-state index contributed by atoms with van der Waals surface area (Å²) < 4.78 is 10.7. The molecular formula is C21H19Cl2N3O3. The van der Waals surface area contributed by atoms with Crippen molar-refractivity contribution in [2.24, 2.45) is 0 Å². The highest BCUT2D eigenvalue weighted by Gasteiger charge is 2.33. The smallest absolute Gasteiger partial charge is 0.254 e. The van der Waals surface area contributed by atoms with Crippen molar-refractivity contribution in [1.82, 2.24) is 15.0 Å². The Morgan fingerprint density at radius 1 is 1.14 bits per heavy atom. The number of amides is 1. The molecule has 3 aromatic rings. The number of piperidine rings is 1. The molecule has 1 atom stereocenters. The first-order valence-electron chi connectivity index (χ1n) is 9.31. The van der Waals surface area contributed by atoms with E-state index < -0.39 is 0 Å². The second-order valence-corrected chi connectivity index (χ2v) is 7.64. The van der Waals surface area contributed by atoms with Gasteiger partial charge >= 0.3 is 0 Å². The van der Waals surface area contributed by atoms with Crippen LogP contribution >= 0.6 is 23.2 Å². The number of carbonyl (C=O) groups excluding carboxylic acids is 1. The van der Waals surface area contributed by atoms with E-state index in [4.69, 9.17) is 32.5 Å². The molecular weight excluding hydrogens is 413 g/mol. The van der Waals surface area contributed by atoms with Gasteiger partial charge in [0.2, 0.25) is 11.7 Å². The van der Waals surface area contributed by atoms with Gasteiger partial charge in [0.15, 0.2) is 0 Å². The summed E-state index contributed by atoms with van der Waals surface area (Å²) in [6, 6.07) is 12.0. The molecule has 0 saturated carbocycles. The van der Waals surface area contributed by atoms with Gasteiger partial charge in [0.25, 0.3) is 5.91 Å². The zero-order valence-corrected chi connectivity index (χ0v) is 17.3. The number of hydrogen-bond donors (Lipinski definition) is 0. The van der Waals surface area contributed by atoms with Gasteiger partial charge in [0.1, 0.15) is 11.8 Å². The number of methoxy groups -OCH3 is 1.